The molecule has 0 saturated carbocycles. The Morgan fingerprint density at radius 2 is 1.59 bits per heavy atom. The Morgan fingerprint density at radius 3 is 2.34 bits per heavy atom. The first-order valence-corrected chi connectivity index (χ1v) is 14.1. The number of carbonyl (C=O) groups excluding carboxylic acids is 1. The third-order valence-electron chi connectivity index (χ3n) is 7.32. The largest absolute Gasteiger partial charge is 0.539 e. The number of para-hydroxylation sites is 1. The highest BCUT2D eigenvalue weighted by atomic mass is 32.1. The van der Waals surface area contributed by atoms with Crippen LogP contribution in [-0.4, -0.2) is 16.0 Å². The molecule has 0 radical (unpaired) electrons. The number of thiophene rings is 1. The minimum absolute atomic E-state index is 0.0284. The number of pyridine rings is 1. The zero-order chi connectivity index (χ0) is 30.6. The summed E-state index contributed by atoms with van der Waals surface area (Å²) in [6.07, 6.45) is -4.51. The summed E-state index contributed by atoms with van der Waals surface area (Å²) < 4.78 is 46.1. The van der Waals surface area contributed by atoms with Crippen LogP contribution in [0.25, 0.3) is 49.1 Å². The number of hydrogen-bond donors (Lipinski definition) is 1. The van der Waals surface area contributed by atoms with Gasteiger partial charge >= 0.3 is 11.9 Å². The first-order chi connectivity index (χ1) is 21.2. The van der Waals surface area contributed by atoms with Crippen LogP contribution in [-0.2, 0) is 6.18 Å². The van der Waals surface area contributed by atoms with Gasteiger partial charge in [-0.05, 0) is 44.8 Å². The Kier molecular flexibility index (Phi) is 6.40. The monoisotopic (exact) mass is 608 g/mol. The van der Waals surface area contributed by atoms with E-state index >= 15 is 0 Å². The molecule has 3 aromatic heterocycles. The number of hydrogen-bond acceptors (Lipinski definition) is 7. The number of nitrogen functional groups attached to an aromatic ring is 1. The summed E-state index contributed by atoms with van der Waals surface area (Å²) in [5, 5.41) is 18.7. The van der Waals surface area contributed by atoms with Gasteiger partial charge < -0.3 is 15.4 Å². The summed E-state index contributed by atoms with van der Waals surface area (Å²) in [5.41, 5.74) is 8.21. The van der Waals surface area contributed by atoms with Crippen LogP contribution in [0.2, 0.25) is 0 Å². The quantitative estimate of drug-likeness (QED) is 0.167. The Balaban J connectivity index is 1.46. The lowest BCUT2D eigenvalue weighted by Crippen LogP contribution is -2.39. The first kappa shape index (κ1) is 27.3. The molecule has 11 heteroatoms. The fraction of sp³-hybridized carbons (Fsp3) is 0.0303. The Bertz CT molecular complexity index is 2200. The maximum Gasteiger partial charge on any atom is 0.416 e. The molecule has 0 fully saturated rings. The van der Waals surface area contributed by atoms with Crippen LogP contribution in [0.5, 0.6) is 5.95 Å². The first-order valence-electron chi connectivity index (χ1n) is 13.3. The summed E-state index contributed by atoms with van der Waals surface area (Å²) >= 11 is 0.986. The summed E-state index contributed by atoms with van der Waals surface area (Å²) in [4.78, 5) is 19.2. The van der Waals surface area contributed by atoms with Crippen molar-refractivity contribution in [2.75, 3.05) is 5.73 Å². The minimum Gasteiger partial charge on any atom is -0.539 e. The van der Waals surface area contributed by atoms with Gasteiger partial charge in [-0.3, -0.25) is 4.79 Å². The van der Waals surface area contributed by atoms with Gasteiger partial charge in [-0.2, -0.15) is 13.2 Å². The molecule has 0 aliphatic heterocycles. The van der Waals surface area contributed by atoms with E-state index in [1.165, 1.54) is 12.1 Å². The number of aromatic nitrogens is 3. The lowest BCUT2D eigenvalue weighted by atomic mass is 9.96. The van der Waals surface area contributed by atoms with Gasteiger partial charge in [0.05, 0.1) is 22.2 Å². The number of nitrogens with two attached hydrogens (primary N) is 1. The van der Waals surface area contributed by atoms with Crippen LogP contribution < -0.4 is 15.5 Å². The normalized spacial score (nSPS) is 11.8. The SMILES string of the molecule is Nc1c(C(=O)c2c([O-])on[n+]2-c2ccccc2)sc2nc(-c3cccc4ccccc34)cc(-c3ccc(C(F)(F)F)cc3)c12. The maximum absolute atomic E-state index is 13.9. The number of ketones is 1. The van der Waals surface area contributed by atoms with Gasteiger partial charge in [0.25, 0.3) is 5.78 Å². The molecule has 0 aliphatic rings. The Hall–Kier alpha value is -5.55. The highest BCUT2D eigenvalue weighted by Gasteiger charge is 2.33. The molecule has 0 unspecified atom stereocenters. The van der Waals surface area contributed by atoms with Crippen molar-refractivity contribution >= 4 is 43.8 Å². The maximum atomic E-state index is 13.9. The molecule has 7 nitrogen and oxygen atoms in total. The van der Waals surface area contributed by atoms with E-state index in [1.54, 1.807) is 36.4 Å². The number of benzene rings is 4. The van der Waals surface area contributed by atoms with Gasteiger partial charge in [-0.25, -0.2) is 4.98 Å². The molecule has 0 amide bonds. The molecule has 0 spiro atoms. The second-order valence-corrected chi connectivity index (χ2v) is 11.0. The summed E-state index contributed by atoms with van der Waals surface area (Å²) in [6, 6.07) is 28.5. The van der Waals surface area contributed by atoms with E-state index in [0.717, 1.165) is 44.5 Å². The number of anilines is 1. The average molecular weight is 609 g/mol. The van der Waals surface area contributed by atoms with Gasteiger partial charge in [0.1, 0.15) is 9.71 Å². The number of halogens is 3. The van der Waals surface area contributed by atoms with Crippen LogP contribution in [0.3, 0.4) is 0 Å². The van der Waals surface area contributed by atoms with E-state index < -0.39 is 23.5 Å². The molecule has 4 aromatic carbocycles. The van der Waals surface area contributed by atoms with Gasteiger partial charge in [0.2, 0.25) is 5.69 Å². The van der Waals surface area contributed by atoms with Gasteiger partial charge in [-0.15, -0.1) is 11.3 Å². The molecule has 0 aliphatic carbocycles. The number of fused-ring (bicyclic) bond motifs is 2. The van der Waals surface area contributed by atoms with Crippen molar-refractivity contribution in [3.8, 4) is 34.0 Å². The molecular weight excluding hydrogens is 589 g/mol. The number of nitrogens with zero attached hydrogens (tertiary/aromatic N) is 3. The summed E-state index contributed by atoms with van der Waals surface area (Å²) in [6.45, 7) is 0. The molecule has 0 saturated heterocycles. The molecule has 3 heterocycles. The molecule has 0 bridgehead atoms. The fourth-order valence-electron chi connectivity index (χ4n) is 5.23. The van der Waals surface area contributed by atoms with Crippen molar-refractivity contribution in [2.24, 2.45) is 0 Å². The van der Waals surface area contributed by atoms with Crippen molar-refractivity contribution < 1.29 is 32.3 Å². The standard InChI is InChI=1S/C33H19F3N4O3S/c34-33(35,36)20-15-13-19(14-16-20)24-17-25(23-12-6-8-18-7-4-5-11-22(18)23)38-31-26(24)27(37)30(44-31)29(41)28-32(42)43-39-40(28)21-9-2-1-3-10-21/h1-17H,(H2-,37,39,41,42). The lowest BCUT2D eigenvalue weighted by Gasteiger charge is -2.12. The average Bonchev–Trinajstić information content (AvgIpc) is 3.59. The van der Waals surface area contributed by atoms with Gasteiger partial charge in [0.15, 0.2) is 5.95 Å². The third-order valence-corrected chi connectivity index (χ3v) is 8.42. The van der Waals surface area contributed by atoms with E-state index in [4.69, 9.17) is 15.2 Å². The van der Waals surface area contributed by atoms with E-state index in [-0.39, 0.29) is 16.3 Å². The van der Waals surface area contributed by atoms with E-state index in [9.17, 15) is 23.1 Å². The molecular formula is C33H19F3N4O3S. The second kappa shape index (κ2) is 10.3. The zero-order valence-electron chi connectivity index (χ0n) is 22.5. The molecule has 0 atom stereocenters. The second-order valence-electron chi connectivity index (χ2n) is 9.97. The van der Waals surface area contributed by atoms with Gasteiger partial charge in [0, 0.05) is 23.1 Å². The smallest absolute Gasteiger partial charge is 0.416 e. The topological polar surface area (TPSA) is 109 Å². The number of carbonyl (C=O) groups is 1. The van der Waals surface area contributed by atoms with Crippen LogP contribution in [0.15, 0.2) is 108 Å². The lowest BCUT2D eigenvalue weighted by molar-refractivity contribution is -0.672. The fourth-order valence-corrected chi connectivity index (χ4v) is 6.29. The summed E-state index contributed by atoms with van der Waals surface area (Å²) in [7, 11) is 0. The number of alkyl halides is 3. The van der Waals surface area contributed by atoms with Gasteiger partial charge in [-0.1, -0.05) is 72.8 Å². The zero-order valence-corrected chi connectivity index (χ0v) is 23.3. The Morgan fingerprint density at radius 1 is 0.886 bits per heavy atom. The van der Waals surface area contributed by atoms with Crippen molar-refractivity contribution in [3.63, 3.8) is 0 Å². The van der Waals surface area contributed by atoms with Crippen LogP contribution in [0.1, 0.15) is 20.9 Å². The minimum atomic E-state index is -4.51. The van der Waals surface area contributed by atoms with E-state index in [1.807, 2.05) is 42.5 Å². The molecule has 7 rings (SSSR count). The van der Waals surface area contributed by atoms with E-state index in [2.05, 4.69) is 5.27 Å². The van der Waals surface area contributed by atoms with Crippen molar-refractivity contribution in [1.29, 1.82) is 0 Å². The molecule has 216 valence electrons. The number of rotatable bonds is 5. The van der Waals surface area contributed by atoms with E-state index in [0.29, 0.717) is 32.7 Å². The Labute approximate surface area is 251 Å². The predicted molar refractivity (Wildman–Crippen MR) is 158 cm³/mol. The highest BCUT2D eigenvalue weighted by molar-refractivity contribution is 7.21. The predicted octanol–water partition coefficient (Wildman–Crippen LogP) is 6.95. The molecule has 44 heavy (non-hydrogen) atoms. The van der Waals surface area contributed by atoms with Crippen molar-refractivity contribution in [1.82, 2.24) is 10.3 Å². The van der Waals surface area contributed by atoms with Crippen LogP contribution >= 0.6 is 11.3 Å². The van der Waals surface area contributed by atoms with Crippen LogP contribution in [0.4, 0.5) is 18.9 Å². The molecule has 7 aromatic rings. The van der Waals surface area contributed by atoms with Crippen LogP contribution in [0, 0.1) is 0 Å². The third kappa shape index (κ3) is 4.54. The highest BCUT2D eigenvalue weighted by Crippen LogP contribution is 2.43. The van der Waals surface area contributed by atoms with Crippen molar-refractivity contribution in [3.05, 3.63) is 119 Å². The van der Waals surface area contributed by atoms with Crippen molar-refractivity contribution in [2.45, 2.75) is 6.18 Å². The summed E-state index contributed by atoms with van der Waals surface area (Å²) in [5.74, 6) is -1.66. The molecule has 2 N–H and O–H groups in total.